The van der Waals surface area contributed by atoms with Crippen molar-refractivity contribution in [2.45, 2.75) is 37.6 Å². The average molecular weight is 273 g/mol. The van der Waals surface area contributed by atoms with Crippen LogP contribution in [0.3, 0.4) is 0 Å². The van der Waals surface area contributed by atoms with E-state index in [2.05, 4.69) is 35.9 Å². The number of nitrogen functional groups attached to an aromatic ring is 1. The van der Waals surface area contributed by atoms with Crippen LogP contribution in [0.15, 0.2) is 35.5 Å². The third-order valence-electron chi connectivity index (χ3n) is 2.93. The molecule has 0 spiro atoms. The monoisotopic (exact) mass is 273 g/mol. The van der Waals surface area contributed by atoms with Crippen LogP contribution in [0.4, 0.5) is 5.82 Å². The molecule has 1 aromatic heterocycles. The smallest absolute Gasteiger partial charge is 0.190 e. The number of anilines is 1. The number of aromatic nitrogens is 2. The van der Waals surface area contributed by atoms with Gasteiger partial charge in [-0.15, -0.1) is 0 Å². The van der Waals surface area contributed by atoms with Crippen LogP contribution in [0.1, 0.15) is 36.6 Å². The normalized spacial score (nSPS) is 10.9. The van der Waals surface area contributed by atoms with Gasteiger partial charge >= 0.3 is 0 Å². The van der Waals surface area contributed by atoms with Crippen molar-refractivity contribution >= 4 is 17.6 Å². The lowest BCUT2D eigenvalue weighted by atomic mass is 10.0. The summed E-state index contributed by atoms with van der Waals surface area (Å²) in [7, 11) is 0. The quantitative estimate of drug-likeness (QED) is 0.680. The summed E-state index contributed by atoms with van der Waals surface area (Å²) in [6.45, 7) is 6.22. The minimum atomic E-state index is 0.355. The van der Waals surface area contributed by atoms with Gasteiger partial charge in [0, 0.05) is 17.0 Å². The van der Waals surface area contributed by atoms with Gasteiger partial charge in [-0.25, -0.2) is 9.97 Å². The van der Waals surface area contributed by atoms with E-state index in [4.69, 9.17) is 5.73 Å². The predicted molar refractivity (Wildman–Crippen MR) is 81.3 cm³/mol. The number of hydrogen-bond donors (Lipinski definition) is 1. The first-order valence-electron chi connectivity index (χ1n) is 6.38. The van der Waals surface area contributed by atoms with Gasteiger partial charge < -0.3 is 5.73 Å². The van der Waals surface area contributed by atoms with Crippen molar-refractivity contribution in [3.63, 3.8) is 0 Å². The molecule has 0 saturated heterocycles. The summed E-state index contributed by atoms with van der Waals surface area (Å²) in [5, 5.41) is 0.753. The Balaban J connectivity index is 2.14. The number of nitrogens with two attached hydrogens (primary N) is 1. The molecule has 0 fully saturated rings. The van der Waals surface area contributed by atoms with Crippen LogP contribution in [-0.2, 0) is 5.75 Å². The van der Waals surface area contributed by atoms with Gasteiger partial charge in [-0.05, 0) is 18.4 Å². The molecule has 4 heteroatoms. The zero-order chi connectivity index (χ0) is 13.8. The zero-order valence-electron chi connectivity index (χ0n) is 11.6. The fourth-order valence-corrected chi connectivity index (χ4v) is 2.93. The largest absolute Gasteiger partial charge is 0.383 e. The molecule has 0 bridgehead atoms. The van der Waals surface area contributed by atoms with Crippen molar-refractivity contribution in [2.75, 3.05) is 5.73 Å². The molecule has 1 heterocycles. The lowest BCUT2D eigenvalue weighted by Gasteiger charge is -2.12. The van der Waals surface area contributed by atoms with Gasteiger partial charge in [-0.2, -0.15) is 0 Å². The first kappa shape index (κ1) is 13.9. The van der Waals surface area contributed by atoms with Crippen LogP contribution < -0.4 is 5.73 Å². The Hall–Kier alpha value is -1.55. The minimum absolute atomic E-state index is 0.355. The predicted octanol–water partition coefficient (Wildman–Crippen LogP) is 3.78. The summed E-state index contributed by atoms with van der Waals surface area (Å²) >= 11 is 1.62. The number of benzene rings is 1. The van der Waals surface area contributed by atoms with Crippen molar-refractivity contribution in [2.24, 2.45) is 0 Å². The molecule has 2 rings (SSSR count). The Bertz CT molecular complexity index is 530. The van der Waals surface area contributed by atoms with E-state index < -0.39 is 0 Å². The lowest BCUT2D eigenvalue weighted by molar-refractivity contribution is 0.807. The molecule has 19 heavy (non-hydrogen) atoms. The first-order valence-corrected chi connectivity index (χ1v) is 7.37. The highest BCUT2D eigenvalue weighted by Crippen LogP contribution is 2.27. The lowest BCUT2D eigenvalue weighted by Crippen LogP contribution is -2.06. The Kier molecular flexibility index (Phi) is 4.43. The van der Waals surface area contributed by atoms with Crippen molar-refractivity contribution in [1.82, 2.24) is 9.97 Å². The maximum Gasteiger partial charge on any atom is 0.190 e. The molecule has 3 nitrogen and oxygen atoms in total. The maximum absolute atomic E-state index is 6.03. The van der Waals surface area contributed by atoms with Gasteiger partial charge in [-0.3, -0.25) is 0 Å². The van der Waals surface area contributed by atoms with Crippen LogP contribution >= 0.6 is 11.8 Å². The summed E-state index contributed by atoms with van der Waals surface area (Å²) < 4.78 is 0. The third-order valence-corrected chi connectivity index (χ3v) is 3.85. The molecule has 2 aromatic rings. The summed E-state index contributed by atoms with van der Waals surface area (Å²) in [6, 6.07) is 10.3. The summed E-state index contributed by atoms with van der Waals surface area (Å²) in [5.74, 6) is 1.83. The molecule has 100 valence electrons. The Morgan fingerprint density at radius 1 is 1.16 bits per heavy atom. The number of aryl methyl sites for hydroxylation is 1. The molecule has 0 unspecified atom stereocenters. The van der Waals surface area contributed by atoms with Crippen LogP contribution in [0, 0.1) is 6.92 Å². The zero-order valence-corrected chi connectivity index (χ0v) is 12.4. The van der Waals surface area contributed by atoms with Gasteiger partial charge in [0.05, 0.1) is 0 Å². The van der Waals surface area contributed by atoms with Crippen LogP contribution in [0.25, 0.3) is 0 Å². The van der Waals surface area contributed by atoms with Crippen molar-refractivity contribution in [3.8, 4) is 0 Å². The molecule has 0 saturated carbocycles. The first-order chi connectivity index (χ1) is 9.08. The maximum atomic E-state index is 6.03. The molecule has 1 aromatic carbocycles. The fraction of sp³-hybridized carbons (Fsp3) is 0.333. The van der Waals surface area contributed by atoms with Crippen LogP contribution in [0.2, 0.25) is 0 Å². The highest BCUT2D eigenvalue weighted by molar-refractivity contribution is 7.98. The standard InChI is InChI=1S/C15H19N3S/c1-10(2)13-11(3)17-15(18-14(13)16)19-9-12-7-5-4-6-8-12/h4-8,10H,9H2,1-3H3,(H2,16,17,18). The van der Waals surface area contributed by atoms with Crippen molar-refractivity contribution in [1.29, 1.82) is 0 Å². The second-order valence-corrected chi connectivity index (χ2v) is 5.76. The third kappa shape index (κ3) is 3.47. The van der Waals surface area contributed by atoms with Gasteiger partial charge in [-0.1, -0.05) is 55.9 Å². The van der Waals surface area contributed by atoms with Gasteiger partial charge in [0.15, 0.2) is 5.16 Å². The van der Waals surface area contributed by atoms with Crippen molar-refractivity contribution in [3.05, 3.63) is 47.2 Å². The molecule has 0 aliphatic carbocycles. The van der Waals surface area contributed by atoms with Crippen LogP contribution in [0.5, 0.6) is 0 Å². The molecular formula is C15H19N3S. The SMILES string of the molecule is Cc1nc(SCc2ccccc2)nc(N)c1C(C)C. The van der Waals surface area contributed by atoms with E-state index in [1.165, 1.54) is 5.56 Å². The summed E-state index contributed by atoms with van der Waals surface area (Å²) in [4.78, 5) is 8.94. The van der Waals surface area contributed by atoms with Crippen molar-refractivity contribution < 1.29 is 0 Å². The Morgan fingerprint density at radius 2 is 1.84 bits per heavy atom. The number of thioether (sulfide) groups is 1. The Morgan fingerprint density at radius 3 is 2.42 bits per heavy atom. The van der Waals surface area contributed by atoms with E-state index in [9.17, 15) is 0 Å². The molecule has 0 amide bonds. The summed E-state index contributed by atoms with van der Waals surface area (Å²) in [5.41, 5.74) is 9.34. The number of hydrogen-bond acceptors (Lipinski definition) is 4. The van der Waals surface area contributed by atoms with Crippen LogP contribution in [-0.4, -0.2) is 9.97 Å². The topological polar surface area (TPSA) is 51.8 Å². The minimum Gasteiger partial charge on any atom is -0.383 e. The number of nitrogens with zero attached hydrogens (tertiary/aromatic N) is 2. The summed E-state index contributed by atoms with van der Waals surface area (Å²) in [6.07, 6.45) is 0. The molecule has 2 N–H and O–H groups in total. The molecule has 0 radical (unpaired) electrons. The van der Waals surface area contributed by atoms with Gasteiger partial charge in [0.1, 0.15) is 5.82 Å². The van der Waals surface area contributed by atoms with E-state index in [1.807, 2.05) is 25.1 Å². The van der Waals surface area contributed by atoms with E-state index in [0.717, 1.165) is 22.2 Å². The fourth-order valence-electron chi connectivity index (χ4n) is 2.08. The molecule has 0 aliphatic rings. The molecular weight excluding hydrogens is 254 g/mol. The van der Waals surface area contributed by atoms with Gasteiger partial charge in [0.2, 0.25) is 0 Å². The second kappa shape index (κ2) is 6.06. The van der Waals surface area contributed by atoms with E-state index in [-0.39, 0.29) is 0 Å². The Labute approximate surface area is 118 Å². The molecule has 0 aliphatic heterocycles. The van der Waals surface area contributed by atoms with E-state index >= 15 is 0 Å². The second-order valence-electron chi connectivity index (χ2n) is 4.82. The van der Waals surface area contributed by atoms with Gasteiger partial charge in [0.25, 0.3) is 0 Å². The van der Waals surface area contributed by atoms with E-state index in [0.29, 0.717) is 11.7 Å². The number of rotatable bonds is 4. The average Bonchev–Trinajstić information content (AvgIpc) is 2.36. The highest BCUT2D eigenvalue weighted by Gasteiger charge is 2.12. The van der Waals surface area contributed by atoms with E-state index in [1.54, 1.807) is 11.8 Å². The highest BCUT2D eigenvalue weighted by atomic mass is 32.2. The molecule has 0 atom stereocenters.